The fourth-order valence-electron chi connectivity index (χ4n) is 2.88. The minimum absolute atomic E-state index is 0.383. The maximum atomic E-state index is 12.9. The smallest absolute Gasteiger partial charge is 0.325 e. The summed E-state index contributed by atoms with van der Waals surface area (Å²) in [5, 5.41) is 5.34. The first kappa shape index (κ1) is 18.9. The van der Waals surface area contributed by atoms with E-state index in [-0.39, 0.29) is 6.54 Å². The van der Waals surface area contributed by atoms with Gasteiger partial charge in [-0.15, -0.1) is 0 Å². The molecular formula is C19H18BrN3O4. The Balaban J connectivity index is 1.74. The number of carbonyl (C=O) groups is 3. The number of methoxy groups -OCH3 is 1. The van der Waals surface area contributed by atoms with Gasteiger partial charge in [0.15, 0.2) is 0 Å². The molecule has 2 aromatic rings. The molecule has 1 aliphatic rings. The van der Waals surface area contributed by atoms with E-state index in [4.69, 9.17) is 4.74 Å². The third-order valence-electron chi connectivity index (χ3n) is 4.33. The molecule has 2 aromatic carbocycles. The fourth-order valence-corrected chi connectivity index (χ4v) is 3.28. The molecule has 1 fully saturated rings. The Labute approximate surface area is 164 Å². The first-order valence-corrected chi connectivity index (χ1v) is 8.97. The van der Waals surface area contributed by atoms with Gasteiger partial charge in [0.05, 0.1) is 7.11 Å². The lowest BCUT2D eigenvalue weighted by atomic mass is 9.92. The van der Waals surface area contributed by atoms with Gasteiger partial charge in [0.2, 0.25) is 5.91 Å². The zero-order valence-electron chi connectivity index (χ0n) is 14.8. The number of imide groups is 1. The molecular weight excluding hydrogens is 414 g/mol. The number of nitrogens with zero attached hydrogens (tertiary/aromatic N) is 1. The Kier molecular flexibility index (Phi) is 5.18. The van der Waals surface area contributed by atoms with Crippen LogP contribution < -0.4 is 15.4 Å². The third kappa shape index (κ3) is 3.80. The fraction of sp³-hybridized carbons (Fsp3) is 0.211. The highest BCUT2D eigenvalue weighted by Gasteiger charge is 2.49. The number of rotatable bonds is 5. The van der Waals surface area contributed by atoms with E-state index < -0.39 is 23.4 Å². The lowest BCUT2D eigenvalue weighted by molar-refractivity contribution is -0.133. The molecule has 140 valence electrons. The summed E-state index contributed by atoms with van der Waals surface area (Å²) in [4.78, 5) is 38.4. The van der Waals surface area contributed by atoms with Crippen molar-refractivity contribution in [2.24, 2.45) is 0 Å². The van der Waals surface area contributed by atoms with Gasteiger partial charge < -0.3 is 15.4 Å². The molecule has 3 rings (SSSR count). The maximum absolute atomic E-state index is 12.9. The van der Waals surface area contributed by atoms with Crippen molar-refractivity contribution in [1.82, 2.24) is 10.2 Å². The van der Waals surface area contributed by atoms with Crippen molar-refractivity contribution in [3.05, 3.63) is 58.6 Å². The Morgan fingerprint density at radius 3 is 2.67 bits per heavy atom. The molecule has 27 heavy (non-hydrogen) atoms. The number of benzene rings is 2. The number of nitrogens with one attached hydrogen (secondary N) is 2. The van der Waals surface area contributed by atoms with E-state index in [9.17, 15) is 14.4 Å². The molecule has 7 nitrogen and oxygen atoms in total. The average molecular weight is 432 g/mol. The number of carbonyl (C=O) groups excluding carboxylic acids is 3. The van der Waals surface area contributed by atoms with Gasteiger partial charge in [-0.1, -0.05) is 34.1 Å². The van der Waals surface area contributed by atoms with Crippen molar-refractivity contribution in [2.45, 2.75) is 12.5 Å². The van der Waals surface area contributed by atoms with Gasteiger partial charge in [-0.25, -0.2) is 4.79 Å². The summed E-state index contributed by atoms with van der Waals surface area (Å²) in [6.07, 6.45) is 0. The molecule has 1 heterocycles. The van der Waals surface area contributed by atoms with E-state index in [2.05, 4.69) is 26.6 Å². The predicted octanol–water partition coefficient (Wildman–Crippen LogP) is 2.86. The van der Waals surface area contributed by atoms with Crippen molar-refractivity contribution in [3.63, 3.8) is 0 Å². The molecule has 0 bridgehead atoms. The molecule has 1 atom stereocenters. The van der Waals surface area contributed by atoms with Crippen LogP contribution in [0.2, 0.25) is 0 Å². The van der Waals surface area contributed by atoms with Crippen LogP contribution >= 0.6 is 15.9 Å². The number of halogens is 1. The SMILES string of the molecule is COc1cccc(NC(=O)CN2C(=O)N[C@@](C)(c3cccc(Br)c3)C2=O)c1. The second kappa shape index (κ2) is 7.40. The molecule has 0 aromatic heterocycles. The van der Waals surface area contributed by atoms with Crippen molar-refractivity contribution in [3.8, 4) is 5.75 Å². The number of hydrogen-bond donors (Lipinski definition) is 2. The van der Waals surface area contributed by atoms with Gasteiger partial charge in [0, 0.05) is 16.2 Å². The molecule has 1 aliphatic heterocycles. The van der Waals surface area contributed by atoms with E-state index in [1.165, 1.54) is 7.11 Å². The third-order valence-corrected chi connectivity index (χ3v) is 4.83. The lowest BCUT2D eigenvalue weighted by Crippen LogP contribution is -2.42. The van der Waals surface area contributed by atoms with E-state index in [0.29, 0.717) is 17.0 Å². The first-order chi connectivity index (χ1) is 12.8. The van der Waals surface area contributed by atoms with Crippen LogP contribution in [-0.2, 0) is 15.1 Å². The monoisotopic (exact) mass is 431 g/mol. The van der Waals surface area contributed by atoms with Crippen LogP contribution in [0.25, 0.3) is 0 Å². The van der Waals surface area contributed by atoms with Gasteiger partial charge in [0.1, 0.15) is 17.8 Å². The Bertz CT molecular complexity index is 917. The van der Waals surface area contributed by atoms with Crippen LogP contribution in [0.3, 0.4) is 0 Å². The summed E-state index contributed by atoms with van der Waals surface area (Å²) >= 11 is 3.36. The van der Waals surface area contributed by atoms with Crippen LogP contribution in [0.5, 0.6) is 5.75 Å². The minimum atomic E-state index is -1.23. The quantitative estimate of drug-likeness (QED) is 0.712. The number of ether oxygens (including phenoxy) is 1. The number of urea groups is 1. The van der Waals surface area contributed by atoms with Crippen molar-refractivity contribution < 1.29 is 19.1 Å². The van der Waals surface area contributed by atoms with Gasteiger partial charge in [-0.2, -0.15) is 0 Å². The van der Waals surface area contributed by atoms with E-state index in [1.807, 2.05) is 6.07 Å². The van der Waals surface area contributed by atoms with Gasteiger partial charge in [0.25, 0.3) is 5.91 Å². The van der Waals surface area contributed by atoms with Crippen molar-refractivity contribution in [1.29, 1.82) is 0 Å². The number of hydrogen-bond acceptors (Lipinski definition) is 4. The van der Waals surface area contributed by atoms with Crippen molar-refractivity contribution in [2.75, 3.05) is 19.0 Å². The van der Waals surface area contributed by atoms with Crippen LogP contribution in [-0.4, -0.2) is 36.4 Å². The van der Waals surface area contributed by atoms with E-state index in [1.54, 1.807) is 49.4 Å². The summed E-state index contributed by atoms with van der Waals surface area (Å²) in [5.74, 6) is -0.373. The summed E-state index contributed by atoms with van der Waals surface area (Å²) in [6, 6.07) is 13.3. The molecule has 4 amide bonds. The number of anilines is 1. The summed E-state index contributed by atoms with van der Waals surface area (Å²) < 4.78 is 5.90. The highest BCUT2D eigenvalue weighted by atomic mass is 79.9. The summed E-state index contributed by atoms with van der Waals surface area (Å²) in [6.45, 7) is 1.24. The van der Waals surface area contributed by atoms with Gasteiger partial charge in [-0.3, -0.25) is 14.5 Å². The predicted molar refractivity (Wildman–Crippen MR) is 103 cm³/mol. The first-order valence-electron chi connectivity index (χ1n) is 8.17. The topological polar surface area (TPSA) is 87.7 Å². The molecule has 0 radical (unpaired) electrons. The Morgan fingerprint density at radius 1 is 1.22 bits per heavy atom. The van der Waals surface area contributed by atoms with Crippen molar-refractivity contribution >= 4 is 39.5 Å². The zero-order chi connectivity index (χ0) is 19.6. The maximum Gasteiger partial charge on any atom is 0.325 e. The van der Waals surface area contributed by atoms with Crippen LogP contribution in [0.15, 0.2) is 53.0 Å². The standard InChI is InChI=1S/C19H18BrN3O4/c1-19(12-5-3-6-13(20)9-12)17(25)23(18(26)22-19)11-16(24)21-14-7-4-8-15(10-14)27-2/h3-10H,11H2,1-2H3,(H,21,24)(H,22,26)/t19-/m0/s1. The van der Waals surface area contributed by atoms with Gasteiger partial charge >= 0.3 is 6.03 Å². The molecule has 8 heteroatoms. The highest BCUT2D eigenvalue weighted by molar-refractivity contribution is 9.10. The van der Waals surface area contributed by atoms with E-state index in [0.717, 1.165) is 9.37 Å². The lowest BCUT2D eigenvalue weighted by Gasteiger charge is -2.22. The zero-order valence-corrected chi connectivity index (χ0v) is 16.4. The van der Waals surface area contributed by atoms with Crippen LogP contribution in [0, 0.1) is 0 Å². The summed E-state index contributed by atoms with van der Waals surface area (Å²) in [5.41, 5.74) is -0.0796. The second-order valence-electron chi connectivity index (χ2n) is 6.24. The number of amides is 4. The molecule has 0 saturated carbocycles. The van der Waals surface area contributed by atoms with E-state index >= 15 is 0 Å². The Morgan fingerprint density at radius 2 is 1.96 bits per heavy atom. The second-order valence-corrected chi connectivity index (χ2v) is 7.15. The average Bonchev–Trinajstić information content (AvgIpc) is 2.86. The van der Waals surface area contributed by atoms with Crippen LogP contribution in [0.4, 0.5) is 10.5 Å². The largest absolute Gasteiger partial charge is 0.497 e. The molecule has 0 aliphatic carbocycles. The molecule has 1 saturated heterocycles. The van der Waals surface area contributed by atoms with Gasteiger partial charge in [-0.05, 0) is 36.8 Å². The minimum Gasteiger partial charge on any atom is -0.497 e. The van der Waals surface area contributed by atoms with Crippen LogP contribution in [0.1, 0.15) is 12.5 Å². The highest BCUT2D eigenvalue weighted by Crippen LogP contribution is 2.30. The molecule has 0 spiro atoms. The summed E-state index contributed by atoms with van der Waals surface area (Å²) in [7, 11) is 1.52. The Hall–Kier alpha value is -2.87. The normalized spacial score (nSPS) is 19.0. The molecule has 0 unspecified atom stereocenters. The molecule has 2 N–H and O–H groups in total.